The van der Waals surface area contributed by atoms with Crippen molar-refractivity contribution in [2.24, 2.45) is 0 Å². The van der Waals surface area contributed by atoms with Crippen molar-refractivity contribution in [2.75, 3.05) is 13.1 Å². The smallest absolute Gasteiger partial charge is 0.258 e. The van der Waals surface area contributed by atoms with E-state index in [1.807, 2.05) is 40.6 Å². The molecule has 188 valence electrons. The fourth-order valence-corrected chi connectivity index (χ4v) is 5.84. The van der Waals surface area contributed by atoms with Crippen molar-refractivity contribution in [2.45, 2.75) is 46.3 Å². The van der Waals surface area contributed by atoms with Crippen molar-refractivity contribution in [3.63, 3.8) is 0 Å². The summed E-state index contributed by atoms with van der Waals surface area (Å²) in [7, 11) is 0. The number of aryl methyl sites for hydroxylation is 2. The van der Waals surface area contributed by atoms with Crippen molar-refractivity contribution in [3.8, 4) is 11.1 Å². The first-order valence-electron chi connectivity index (χ1n) is 13.0. The Morgan fingerprint density at radius 3 is 2.62 bits per heavy atom. The molecule has 0 fully saturated rings. The van der Waals surface area contributed by atoms with Crippen LogP contribution < -0.4 is 5.56 Å². The Balaban J connectivity index is 1.35. The Labute approximate surface area is 216 Å². The van der Waals surface area contributed by atoms with Crippen LogP contribution in [0.3, 0.4) is 0 Å². The van der Waals surface area contributed by atoms with E-state index < -0.39 is 0 Å². The van der Waals surface area contributed by atoms with Gasteiger partial charge in [-0.15, -0.1) is 0 Å². The Hall–Kier alpha value is -3.77. The van der Waals surface area contributed by atoms with E-state index >= 15 is 0 Å². The number of halogens is 1. The first kappa shape index (κ1) is 23.6. The summed E-state index contributed by atoms with van der Waals surface area (Å²) in [4.78, 5) is 16.2. The summed E-state index contributed by atoms with van der Waals surface area (Å²) in [5, 5.41) is 4.49. The van der Waals surface area contributed by atoms with Crippen LogP contribution in [0.15, 0.2) is 77.2 Å². The maximum atomic E-state index is 14.1. The number of pyridine rings is 1. The van der Waals surface area contributed by atoms with Crippen LogP contribution >= 0.6 is 0 Å². The first-order valence-corrected chi connectivity index (χ1v) is 13.0. The van der Waals surface area contributed by atoms with E-state index in [0.717, 1.165) is 49.4 Å². The Morgan fingerprint density at radius 1 is 0.946 bits per heavy atom. The van der Waals surface area contributed by atoms with Crippen LogP contribution in [0.1, 0.15) is 35.0 Å². The normalized spacial score (nSPS) is 15.2. The van der Waals surface area contributed by atoms with Gasteiger partial charge in [0, 0.05) is 50.1 Å². The number of rotatable bonds is 6. The highest BCUT2D eigenvalue weighted by molar-refractivity contribution is 5.77. The van der Waals surface area contributed by atoms with Gasteiger partial charge in [-0.05, 0) is 72.4 Å². The summed E-state index contributed by atoms with van der Waals surface area (Å²) in [5.41, 5.74) is 9.93. The lowest BCUT2D eigenvalue weighted by Crippen LogP contribution is -2.37. The predicted octanol–water partition coefficient (Wildman–Crippen LogP) is 5.25. The zero-order valence-electron chi connectivity index (χ0n) is 21.4. The number of benzene rings is 2. The van der Waals surface area contributed by atoms with Crippen LogP contribution in [0.5, 0.6) is 0 Å². The predicted molar refractivity (Wildman–Crippen MR) is 145 cm³/mol. The van der Waals surface area contributed by atoms with E-state index in [1.54, 1.807) is 6.07 Å². The van der Waals surface area contributed by atoms with Crippen molar-refractivity contribution in [3.05, 3.63) is 117 Å². The summed E-state index contributed by atoms with van der Waals surface area (Å²) in [6.07, 6.45) is 3.77. The van der Waals surface area contributed by atoms with Gasteiger partial charge in [0.15, 0.2) is 0 Å². The highest BCUT2D eigenvalue weighted by atomic mass is 19.1. The topological polar surface area (TPSA) is 43.1 Å². The number of hydrogen-bond donors (Lipinski definition) is 0. The Kier molecular flexibility index (Phi) is 6.13. The van der Waals surface area contributed by atoms with Crippen molar-refractivity contribution in [1.82, 2.24) is 19.2 Å². The molecule has 2 aromatic carbocycles. The van der Waals surface area contributed by atoms with E-state index in [9.17, 15) is 9.18 Å². The quantitative estimate of drug-likeness (QED) is 0.368. The van der Waals surface area contributed by atoms with Gasteiger partial charge in [0.1, 0.15) is 5.82 Å². The largest absolute Gasteiger partial charge is 0.310 e. The SMILES string of the molecule is CC1=C(CN2CCc3c(cc(-c4cccc(F)c4)c(=O)n3CCn3ccc(C)n3)C2)c2ccccc2C1. The van der Waals surface area contributed by atoms with Gasteiger partial charge >= 0.3 is 0 Å². The lowest BCUT2D eigenvalue weighted by molar-refractivity contribution is 0.278. The monoisotopic (exact) mass is 494 g/mol. The minimum Gasteiger partial charge on any atom is -0.310 e. The third-order valence-corrected chi connectivity index (χ3v) is 7.71. The zero-order chi connectivity index (χ0) is 25.5. The number of hydrogen-bond acceptors (Lipinski definition) is 3. The van der Waals surface area contributed by atoms with Gasteiger partial charge < -0.3 is 4.57 Å². The molecule has 1 aliphatic heterocycles. The number of allylic oxidation sites excluding steroid dienone is 1. The maximum Gasteiger partial charge on any atom is 0.258 e. The third-order valence-electron chi connectivity index (χ3n) is 7.71. The highest BCUT2D eigenvalue weighted by Gasteiger charge is 2.26. The van der Waals surface area contributed by atoms with E-state index in [1.165, 1.54) is 34.4 Å². The van der Waals surface area contributed by atoms with Crippen molar-refractivity contribution >= 4 is 5.57 Å². The molecule has 5 nitrogen and oxygen atoms in total. The zero-order valence-corrected chi connectivity index (χ0v) is 21.4. The summed E-state index contributed by atoms with van der Waals surface area (Å²) >= 11 is 0. The fourth-order valence-electron chi connectivity index (χ4n) is 5.84. The van der Waals surface area contributed by atoms with Gasteiger partial charge in [-0.1, -0.05) is 42.0 Å². The van der Waals surface area contributed by atoms with Crippen LogP contribution in [0.2, 0.25) is 0 Å². The molecule has 0 bridgehead atoms. The van der Waals surface area contributed by atoms with Gasteiger partial charge in [0.25, 0.3) is 5.56 Å². The minimum atomic E-state index is -0.336. The molecule has 0 atom stereocenters. The second kappa shape index (κ2) is 9.60. The lowest BCUT2D eigenvalue weighted by atomic mass is 9.97. The molecule has 2 aromatic heterocycles. The summed E-state index contributed by atoms with van der Waals surface area (Å²) < 4.78 is 17.9. The molecule has 2 aliphatic rings. The van der Waals surface area contributed by atoms with Gasteiger partial charge in [-0.2, -0.15) is 5.10 Å². The summed E-state index contributed by atoms with van der Waals surface area (Å²) in [6.45, 7) is 7.89. The molecule has 6 rings (SSSR count). The average molecular weight is 495 g/mol. The molecule has 4 aromatic rings. The summed E-state index contributed by atoms with van der Waals surface area (Å²) in [6, 6.07) is 19.0. The standard InChI is InChI=1S/C31H31FN4O/c1-21-16-23-6-3-4-9-27(23)29(21)20-34-12-11-30-25(19-34)18-28(24-7-5-8-26(32)17-24)31(37)36(30)15-14-35-13-10-22(2)33-35/h3-10,13,17-18H,11-12,14-16,19-20H2,1-2H3. The van der Waals surface area contributed by atoms with Gasteiger partial charge in [0.2, 0.25) is 0 Å². The van der Waals surface area contributed by atoms with E-state index in [0.29, 0.717) is 24.2 Å². The molecule has 0 N–H and O–H groups in total. The Bertz CT molecular complexity index is 1580. The highest BCUT2D eigenvalue weighted by Crippen LogP contribution is 2.34. The van der Waals surface area contributed by atoms with Gasteiger partial charge in [0.05, 0.1) is 12.2 Å². The molecule has 37 heavy (non-hydrogen) atoms. The van der Waals surface area contributed by atoms with Crippen molar-refractivity contribution in [1.29, 1.82) is 0 Å². The number of fused-ring (bicyclic) bond motifs is 2. The van der Waals surface area contributed by atoms with Crippen LogP contribution in [0, 0.1) is 12.7 Å². The van der Waals surface area contributed by atoms with Gasteiger partial charge in [-0.25, -0.2) is 4.39 Å². The van der Waals surface area contributed by atoms with E-state index in [-0.39, 0.29) is 11.4 Å². The van der Waals surface area contributed by atoms with E-state index in [4.69, 9.17) is 0 Å². The van der Waals surface area contributed by atoms with Crippen LogP contribution in [0.4, 0.5) is 4.39 Å². The minimum absolute atomic E-state index is 0.0649. The van der Waals surface area contributed by atoms with Gasteiger partial charge in [-0.3, -0.25) is 14.4 Å². The Morgan fingerprint density at radius 2 is 1.81 bits per heavy atom. The molecule has 0 amide bonds. The second-order valence-electron chi connectivity index (χ2n) is 10.3. The number of nitrogens with zero attached hydrogens (tertiary/aromatic N) is 4. The lowest BCUT2D eigenvalue weighted by Gasteiger charge is -2.32. The summed E-state index contributed by atoms with van der Waals surface area (Å²) in [5.74, 6) is -0.336. The fraction of sp³-hybridized carbons (Fsp3) is 0.290. The van der Waals surface area contributed by atoms with Crippen LogP contribution in [0.25, 0.3) is 16.7 Å². The molecule has 0 saturated carbocycles. The van der Waals surface area contributed by atoms with Crippen molar-refractivity contribution < 1.29 is 4.39 Å². The molecule has 0 saturated heterocycles. The average Bonchev–Trinajstić information content (AvgIpc) is 3.45. The molecule has 6 heteroatoms. The number of aromatic nitrogens is 3. The molecule has 0 unspecified atom stereocenters. The molecule has 3 heterocycles. The molecule has 0 radical (unpaired) electrons. The van der Waals surface area contributed by atoms with E-state index in [2.05, 4.69) is 41.2 Å². The van der Waals surface area contributed by atoms with Crippen LogP contribution in [-0.4, -0.2) is 32.3 Å². The molecule has 0 spiro atoms. The molecular formula is C31H31FN4O. The van der Waals surface area contributed by atoms with Crippen LogP contribution in [-0.2, 0) is 32.5 Å². The molecular weight excluding hydrogens is 463 g/mol. The third kappa shape index (κ3) is 4.58. The molecule has 1 aliphatic carbocycles. The second-order valence-corrected chi connectivity index (χ2v) is 10.3. The first-order chi connectivity index (χ1) is 18.0. The maximum absolute atomic E-state index is 14.1.